The maximum atomic E-state index is 8.38. The summed E-state index contributed by atoms with van der Waals surface area (Å²) in [5.41, 5.74) is 2.91. The first-order valence-corrected chi connectivity index (χ1v) is 5.49. The second-order valence-corrected chi connectivity index (χ2v) is 3.71. The number of hydrogen-bond donors (Lipinski definition) is 1. The van der Waals surface area contributed by atoms with Crippen molar-refractivity contribution in [1.29, 1.82) is 0 Å². The van der Waals surface area contributed by atoms with Gasteiger partial charge in [-0.1, -0.05) is 71.4 Å². The van der Waals surface area contributed by atoms with Gasteiger partial charge >= 0.3 is 0 Å². The summed E-state index contributed by atoms with van der Waals surface area (Å²) in [6, 6.07) is 19.8. The first-order chi connectivity index (χ1) is 8.24. The highest BCUT2D eigenvalue weighted by Gasteiger charge is 1.92. The van der Waals surface area contributed by atoms with Crippen LogP contribution in [0.3, 0.4) is 0 Å². The minimum absolute atomic E-state index is 0.639. The van der Waals surface area contributed by atoms with E-state index in [0.717, 1.165) is 5.56 Å². The van der Waals surface area contributed by atoms with Gasteiger partial charge in [0, 0.05) is 0 Å². The summed E-state index contributed by atoms with van der Waals surface area (Å²) in [7, 11) is 0. The summed E-state index contributed by atoms with van der Waals surface area (Å²) in [4.78, 5) is 0. The van der Waals surface area contributed by atoms with Crippen LogP contribution in [0.15, 0.2) is 65.8 Å². The number of aryl methyl sites for hydroxylation is 1. The molecule has 0 atom stereocenters. The van der Waals surface area contributed by atoms with Crippen LogP contribution < -0.4 is 0 Å². The maximum Gasteiger partial charge on any atom is 0.0836 e. The Morgan fingerprint density at radius 1 is 0.882 bits per heavy atom. The van der Waals surface area contributed by atoms with Crippen LogP contribution in [0.4, 0.5) is 0 Å². The number of oxime groups is 1. The molecule has 0 saturated carbocycles. The molecule has 17 heavy (non-hydrogen) atoms. The van der Waals surface area contributed by atoms with Crippen LogP contribution >= 0.6 is 0 Å². The summed E-state index contributed by atoms with van der Waals surface area (Å²) < 4.78 is 0. The van der Waals surface area contributed by atoms with Crippen LogP contribution in [-0.4, -0.2) is 10.9 Å². The Kier molecular flexibility index (Phi) is 5.52. The molecule has 0 amide bonds. The highest BCUT2D eigenvalue weighted by atomic mass is 16.4. The van der Waals surface area contributed by atoms with Gasteiger partial charge in [-0.05, 0) is 19.4 Å². The second-order valence-electron chi connectivity index (χ2n) is 3.71. The monoisotopic (exact) mass is 227 g/mol. The molecule has 0 radical (unpaired) electrons. The highest BCUT2D eigenvalue weighted by Crippen LogP contribution is 1.99. The largest absolute Gasteiger partial charge is 0.411 e. The number of benzene rings is 2. The number of rotatable bonds is 1. The average Bonchev–Trinajstić information content (AvgIpc) is 2.40. The van der Waals surface area contributed by atoms with Gasteiger partial charge in [-0.25, -0.2) is 0 Å². The fraction of sp³-hybridized carbons (Fsp3) is 0.133. The van der Waals surface area contributed by atoms with Crippen LogP contribution in [-0.2, 0) is 0 Å². The SMILES string of the molecule is CC(=NO)c1ccccc1.Cc1ccccc1. The maximum absolute atomic E-state index is 8.38. The molecular formula is C15H17NO. The van der Waals surface area contributed by atoms with Crippen LogP contribution in [0.2, 0.25) is 0 Å². The van der Waals surface area contributed by atoms with E-state index in [1.807, 2.05) is 48.5 Å². The lowest BCUT2D eigenvalue weighted by Gasteiger charge is -1.94. The predicted octanol–water partition coefficient (Wildman–Crippen LogP) is 3.88. The van der Waals surface area contributed by atoms with E-state index >= 15 is 0 Å². The minimum Gasteiger partial charge on any atom is -0.411 e. The van der Waals surface area contributed by atoms with Gasteiger partial charge in [-0.3, -0.25) is 0 Å². The molecule has 2 aromatic rings. The lowest BCUT2D eigenvalue weighted by atomic mass is 10.1. The van der Waals surface area contributed by atoms with E-state index in [4.69, 9.17) is 5.21 Å². The molecule has 2 heteroatoms. The Labute approximate surface area is 102 Å². The minimum atomic E-state index is 0.639. The third kappa shape index (κ3) is 4.98. The van der Waals surface area contributed by atoms with Gasteiger partial charge < -0.3 is 5.21 Å². The lowest BCUT2D eigenvalue weighted by molar-refractivity contribution is 0.319. The Morgan fingerprint density at radius 2 is 1.35 bits per heavy atom. The summed E-state index contributed by atoms with van der Waals surface area (Å²) in [6.07, 6.45) is 0. The fourth-order valence-electron chi connectivity index (χ4n) is 1.27. The van der Waals surface area contributed by atoms with Crippen LogP contribution in [0, 0.1) is 6.92 Å². The zero-order chi connectivity index (χ0) is 12.5. The molecule has 1 N–H and O–H groups in total. The van der Waals surface area contributed by atoms with E-state index in [2.05, 4.69) is 24.2 Å². The van der Waals surface area contributed by atoms with E-state index in [1.54, 1.807) is 6.92 Å². The van der Waals surface area contributed by atoms with Gasteiger partial charge in [0.2, 0.25) is 0 Å². The first-order valence-electron chi connectivity index (χ1n) is 5.49. The summed E-state index contributed by atoms with van der Waals surface area (Å²) >= 11 is 0. The van der Waals surface area contributed by atoms with Crippen molar-refractivity contribution in [3.8, 4) is 0 Å². The van der Waals surface area contributed by atoms with Crippen molar-refractivity contribution in [3.05, 3.63) is 71.8 Å². The molecule has 0 aliphatic rings. The molecule has 0 heterocycles. The standard InChI is InChI=1S/C8H9NO.C7H8/c1-7(9-10)8-5-3-2-4-6-8;1-7-5-3-2-4-6-7/h2-6,10H,1H3;2-6H,1H3. The van der Waals surface area contributed by atoms with Gasteiger partial charge in [0.1, 0.15) is 0 Å². The van der Waals surface area contributed by atoms with Crippen LogP contribution in [0.5, 0.6) is 0 Å². The molecule has 0 spiro atoms. The molecule has 0 saturated heterocycles. The summed E-state index contributed by atoms with van der Waals surface area (Å²) in [5.74, 6) is 0. The van der Waals surface area contributed by atoms with Gasteiger partial charge in [0.25, 0.3) is 0 Å². The van der Waals surface area contributed by atoms with Gasteiger partial charge in [0.05, 0.1) is 5.71 Å². The van der Waals surface area contributed by atoms with Crippen molar-refractivity contribution in [2.75, 3.05) is 0 Å². The number of nitrogens with zero attached hydrogens (tertiary/aromatic N) is 1. The van der Waals surface area contributed by atoms with Crippen molar-refractivity contribution in [2.24, 2.45) is 5.16 Å². The quantitative estimate of drug-likeness (QED) is 0.447. The lowest BCUT2D eigenvalue weighted by Crippen LogP contribution is -1.92. The average molecular weight is 227 g/mol. The molecular weight excluding hydrogens is 210 g/mol. The zero-order valence-electron chi connectivity index (χ0n) is 10.2. The number of hydrogen-bond acceptors (Lipinski definition) is 2. The molecule has 2 rings (SSSR count). The van der Waals surface area contributed by atoms with Gasteiger partial charge in [-0.15, -0.1) is 0 Å². The third-order valence-electron chi connectivity index (χ3n) is 2.28. The van der Waals surface area contributed by atoms with Crippen molar-refractivity contribution in [2.45, 2.75) is 13.8 Å². The second kappa shape index (κ2) is 7.23. The molecule has 0 aromatic heterocycles. The van der Waals surface area contributed by atoms with E-state index < -0.39 is 0 Å². The molecule has 2 nitrogen and oxygen atoms in total. The van der Waals surface area contributed by atoms with Crippen molar-refractivity contribution in [1.82, 2.24) is 0 Å². The Balaban J connectivity index is 0.000000181. The molecule has 0 aliphatic heterocycles. The Morgan fingerprint density at radius 3 is 1.71 bits per heavy atom. The molecule has 0 bridgehead atoms. The van der Waals surface area contributed by atoms with E-state index in [9.17, 15) is 0 Å². The van der Waals surface area contributed by atoms with Gasteiger partial charge in [0.15, 0.2) is 0 Å². The van der Waals surface area contributed by atoms with E-state index in [0.29, 0.717) is 5.71 Å². The third-order valence-corrected chi connectivity index (χ3v) is 2.28. The topological polar surface area (TPSA) is 32.6 Å². The first kappa shape index (κ1) is 13.0. The molecule has 2 aromatic carbocycles. The predicted molar refractivity (Wildman–Crippen MR) is 71.6 cm³/mol. The summed E-state index contributed by atoms with van der Waals surface area (Å²) in [6.45, 7) is 3.84. The van der Waals surface area contributed by atoms with E-state index in [-0.39, 0.29) is 0 Å². The van der Waals surface area contributed by atoms with Crippen LogP contribution in [0.1, 0.15) is 18.1 Å². The van der Waals surface area contributed by atoms with Crippen molar-refractivity contribution >= 4 is 5.71 Å². The smallest absolute Gasteiger partial charge is 0.0836 e. The van der Waals surface area contributed by atoms with Gasteiger partial charge in [-0.2, -0.15) is 0 Å². The van der Waals surface area contributed by atoms with Crippen LogP contribution in [0.25, 0.3) is 0 Å². The Hall–Kier alpha value is -2.09. The Bertz CT molecular complexity index is 449. The van der Waals surface area contributed by atoms with Crippen molar-refractivity contribution < 1.29 is 5.21 Å². The zero-order valence-corrected chi connectivity index (χ0v) is 10.2. The highest BCUT2D eigenvalue weighted by molar-refractivity contribution is 5.98. The molecule has 88 valence electrons. The molecule has 0 aliphatic carbocycles. The molecule has 0 unspecified atom stereocenters. The van der Waals surface area contributed by atoms with E-state index in [1.165, 1.54) is 5.56 Å². The fourth-order valence-corrected chi connectivity index (χ4v) is 1.27. The van der Waals surface area contributed by atoms with Crippen molar-refractivity contribution in [3.63, 3.8) is 0 Å². The normalized spacial score (nSPS) is 10.4. The summed E-state index contributed by atoms with van der Waals surface area (Å²) in [5, 5.41) is 11.5. The molecule has 0 fully saturated rings.